The van der Waals surface area contributed by atoms with Crippen LogP contribution in [0, 0.1) is 13.8 Å². The van der Waals surface area contributed by atoms with Crippen LogP contribution in [0.1, 0.15) is 26.9 Å². The SMILES string of the molecule is COCCN(Cc1cccs1)C(=O)c1cc(C)nc(C)n1. The van der Waals surface area contributed by atoms with Crippen LogP contribution in [0.3, 0.4) is 0 Å². The molecule has 0 atom stereocenters. The molecule has 21 heavy (non-hydrogen) atoms. The van der Waals surface area contributed by atoms with Crippen molar-refractivity contribution in [1.82, 2.24) is 14.9 Å². The number of carbonyl (C=O) groups is 1. The van der Waals surface area contributed by atoms with Gasteiger partial charge < -0.3 is 9.64 Å². The molecule has 2 aromatic heterocycles. The lowest BCUT2D eigenvalue weighted by molar-refractivity contribution is 0.0676. The monoisotopic (exact) mass is 305 g/mol. The molecule has 0 bridgehead atoms. The van der Waals surface area contributed by atoms with E-state index in [1.807, 2.05) is 24.4 Å². The highest BCUT2D eigenvalue weighted by Gasteiger charge is 2.18. The van der Waals surface area contributed by atoms with E-state index in [9.17, 15) is 4.79 Å². The predicted octanol–water partition coefficient (Wildman–Crippen LogP) is 2.44. The van der Waals surface area contributed by atoms with Crippen LogP contribution in [0.2, 0.25) is 0 Å². The summed E-state index contributed by atoms with van der Waals surface area (Å²) >= 11 is 1.64. The molecule has 2 rings (SSSR count). The van der Waals surface area contributed by atoms with Gasteiger partial charge in [-0.2, -0.15) is 0 Å². The Kier molecular flexibility index (Phi) is 5.41. The highest BCUT2D eigenvalue weighted by atomic mass is 32.1. The van der Waals surface area contributed by atoms with Crippen molar-refractivity contribution >= 4 is 17.2 Å². The molecule has 1 amide bonds. The van der Waals surface area contributed by atoms with E-state index in [2.05, 4.69) is 9.97 Å². The lowest BCUT2D eigenvalue weighted by atomic mass is 10.2. The van der Waals surface area contributed by atoms with Gasteiger partial charge in [0.2, 0.25) is 0 Å². The molecule has 0 unspecified atom stereocenters. The molecule has 0 saturated carbocycles. The molecule has 0 aliphatic heterocycles. The molecular weight excluding hydrogens is 286 g/mol. The summed E-state index contributed by atoms with van der Waals surface area (Å²) in [4.78, 5) is 24.0. The second-order valence-corrected chi connectivity index (χ2v) is 5.77. The number of hydrogen-bond donors (Lipinski definition) is 0. The van der Waals surface area contributed by atoms with E-state index in [1.54, 1.807) is 36.3 Å². The summed E-state index contributed by atoms with van der Waals surface area (Å²) in [5, 5.41) is 2.01. The van der Waals surface area contributed by atoms with Crippen LogP contribution in [0.5, 0.6) is 0 Å². The molecule has 2 heterocycles. The number of rotatable bonds is 6. The number of methoxy groups -OCH3 is 1. The fourth-order valence-corrected chi connectivity index (χ4v) is 2.75. The highest BCUT2D eigenvalue weighted by molar-refractivity contribution is 7.09. The van der Waals surface area contributed by atoms with Gasteiger partial charge in [-0.1, -0.05) is 6.07 Å². The summed E-state index contributed by atoms with van der Waals surface area (Å²) < 4.78 is 5.10. The van der Waals surface area contributed by atoms with Crippen LogP contribution in [0.25, 0.3) is 0 Å². The van der Waals surface area contributed by atoms with Gasteiger partial charge in [-0.25, -0.2) is 9.97 Å². The average Bonchev–Trinajstić information content (AvgIpc) is 2.94. The molecular formula is C15H19N3O2S. The number of amides is 1. The first-order valence-corrected chi connectivity index (χ1v) is 7.61. The van der Waals surface area contributed by atoms with Gasteiger partial charge in [-0.15, -0.1) is 11.3 Å². The van der Waals surface area contributed by atoms with Crippen molar-refractivity contribution in [2.24, 2.45) is 0 Å². The molecule has 0 N–H and O–H groups in total. The molecule has 0 saturated heterocycles. The Labute approximate surface area is 128 Å². The van der Waals surface area contributed by atoms with Crippen molar-refractivity contribution in [3.8, 4) is 0 Å². The zero-order chi connectivity index (χ0) is 15.2. The smallest absolute Gasteiger partial charge is 0.273 e. The zero-order valence-electron chi connectivity index (χ0n) is 12.5. The normalized spacial score (nSPS) is 10.6. The third kappa shape index (κ3) is 4.34. The number of thiophene rings is 1. The summed E-state index contributed by atoms with van der Waals surface area (Å²) in [5.41, 5.74) is 1.24. The van der Waals surface area contributed by atoms with Crippen molar-refractivity contribution in [2.45, 2.75) is 20.4 Å². The lowest BCUT2D eigenvalue weighted by Gasteiger charge is -2.21. The molecule has 5 nitrogen and oxygen atoms in total. The largest absolute Gasteiger partial charge is 0.383 e. The average molecular weight is 305 g/mol. The number of carbonyl (C=O) groups excluding carboxylic acids is 1. The molecule has 0 radical (unpaired) electrons. The van der Waals surface area contributed by atoms with Crippen LogP contribution in [-0.2, 0) is 11.3 Å². The maximum Gasteiger partial charge on any atom is 0.273 e. The van der Waals surface area contributed by atoms with E-state index < -0.39 is 0 Å². The second kappa shape index (κ2) is 7.28. The summed E-state index contributed by atoms with van der Waals surface area (Å²) in [6.45, 7) is 5.27. The standard InChI is InChI=1S/C15H19N3O2S/c1-11-9-14(17-12(2)16-11)15(19)18(6-7-20-3)10-13-5-4-8-21-13/h4-5,8-9H,6-7,10H2,1-3H3. The van der Waals surface area contributed by atoms with Gasteiger partial charge in [0.1, 0.15) is 11.5 Å². The van der Waals surface area contributed by atoms with E-state index in [-0.39, 0.29) is 5.91 Å². The molecule has 0 aliphatic carbocycles. The van der Waals surface area contributed by atoms with E-state index >= 15 is 0 Å². The first-order chi connectivity index (χ1) is 10.1. The van der Waals surface area contributed by atoms with Crippen molar-refractivity contribution in [1.29, 1.82) is 0 Å². The molecule has 2 aromatic rings. The Hall–Kier alpha value is -1.79. The van der Waals surface area contributed by atoms with E-state index in [4.69, 9.17) is 4.74 Å². The van der Waals surface area contributed by atoms with Crippen LogP contribution in [-0.4, -0.2) is 41.0 Å². The number of aromatic nitrogens is 2. The van der Waals surface area contributed by atoms with Crippen molar-refractivity contribution < 1.29 is 9.53 Å². The van der Waals surface area contributed by atoms with Gasteiger partial charge in [-0.3, -0.25) is 4.79 Å². The van der Waals surface area contributed by atoms with Gasteiger partial charge in [0.25, 0.3) is 5.91 Å². The number of nitrogens with zero attached hydrogens (tertiary/aromatic N) is 3. The summed E-state index contributed by atoms with van der Waals surface area (Å²) in [5.74, 6) is 0.523. The maximum absolute atomic E-state index is 12.7. The van der Waals surface area contributed by atoms with E-state index in [1.165, 1.54) is 0 Å². The van der Waals surface area contributed by atoms with Crippen molar-refractivity contribution in [3.63, 3.8) is 0 Å². The van der Waals surface area contributed by atoms with Crippen LogP contribution < -0.4 is 0 Å². The van der Waals surface area contributed by atoms with Gasteiger partial charge in [-0.05, 0) is 31.4 Å². The van der Waals surface area contributed by atoms with Gasteiger partial charge in [0, 0.05) is 24.2 Å². The maximum atomic E-state index is 12.7. The molecule has 0 aliphatic rings. The molecule has 112 valence electrons. The van der Waals surface area contributed by atoms with Crippen molar-refractivity contribution in [2.75, 3.05) is 20.3 Å². The van der Waals surface area contributed by atoms with E-state index in [0.717, 1.165) is 10.6 Å². The van der Waals surface area contributed by atoms with Crippen molar-refractivity contribution in [3.05, 3.63) is 45.7 Å². The first-order valence-electron chi connectivity index (χ1n) is 6.73. The van der Waals surface area contributed by atoms with Crippen LogP contribution >= 0.6 is 11.3 Å². The number of aryl methyl sites for hydroxylation is 2. The molecule has 0 aromatic carbocycles. The Balaban J connectivity index is 2.20. The summed E-state index contributed by atoms with van der Waals surface area (Å²) in [6.07, 6.45) is 0. The topological polar surface area (TPSA) is 55.3 Å². The van der Waals surface area contributed by atoms with Gasteiger partial charge >= 0.3 is 0 Å². The Morgan fingerprint density at radius 3 is 2.81 bits per heavy atom. The van der Waals surface area contributed by atoms with Gasteiger partial charge in [0.15, 0.2) is 0 Å². The summed E-state index contributed by atoms with van der Waals surface area (Å²) in [7, 11) is 1.63. The Morgan fingerprint density at radius 2 is 2.19 bits per heavy atom. The zero-order valence-corrected chi connectivity index (χ0v) is 13.3. The van der Waals surface area contributed by atoms with Crippen LogP contribution in [0.4, 0.5) is 0 Å². The highest BCUT2D eigenvalue weighted by Crippen LogP contribution is 2.14. The quantitative estimate of drug-likeness (QED) is 0.822. The molecule has 0 spiro atoms. The fourth-order valence-electron chi connectivity index (χ4n) is 2.03. The number of hydrogen-bond acceptors (Lipinski definition) is 5. The molecule has 6 heteroatoms. The third-order valence-electron chi connectivity index (χ3n) is 2.96. The second-order valence-electron chi connectivity index (χ2n) is 4.74. The minimum absolute atomic E-state index is 0.0888. The van der Waals surface area contributed by atoms with Gasteiger partial charge in [0.05, 0.1) is 13.2 Å². The Bertz CT molecular complexity index is 579. The fraction of sp³-hybridized carbons (Fsp3) is 0.400. The molecule has 0 fully saturated rings. The minimum Gasteiger partial charge on any atom is -0.383 e. The third-order valence-corrected chi connectivity index (χ3v) is 3.83. The lowest BCUT2D eigenvalue weighted by Crippen LogP contribution is -2.34. The Morgan fingerprint density at radius 1 is 1.38 bits per heavy atom. The summed E-state index contributed by atoms with van der Waals surface area (Å²) in [6, 6.07) is 5.73. The number of ether oxygens (including phenoxy) is 1. The minimum atomic E-state index is -0.0888. The van der Waals surface area contributed by atoms with E-state index in [0.29, 0.717) is 31.2 Å². The van der Waals surface area contributed by atoms with Crippen LogP contribution in [0.15, 0.2) is 23.6 Å². The first kappa shape index (κ1) is 15.6. The predicted molar refractivity (Wildman–Crippen MR) is 82.4 cm³/mol.